The van der Waals surface area contributed by atoms with Crippen LogP contribution in [0.5, 0.6) is 0 Å². The van der Waals surface area contributed by atoms with Crippen molar-refractivity contribution in [1.29, 1.82) is 0 Å². The van der Waals surface area contributed by atoms with E-state index in [1.165, 1.54) is 12.1 Å². The number of hydrogen-bond donors (Lipinski definition) is 2. The first-order chi connectivity index (χ1) is 10.5. The molecule has 0 saturated heterocycles. The summed E-state index contributed by atoms with van der Waals surface area (Å²) in [7, 11) is -3.48. The first-order valence-corrected chi connectivity index (χ1v) is 9.37. The summed E-state index contributed by atoms with van der Waals surface area (Å²) in [6.07, 6.45) is 4.88. The average Bonchev–Trinajstić information content (AvgIpc) is 2.51. The predicted molar refractivity (Wildman–Crippen MR) is 88.4 cm³/mol. The van der Waals surface area contributed by atoms with E-state index in [-0.39, 0.29) is 10.8 Å². The molecule has 1 rings (SSSR count). The number of nitrogens with one attached hydrogen (secondary N) is 2. The molecule has 5 nitrogen and oxygen atoms in total. The first kappa shape index (κ1) is 18.6. The highest BCUT2D eigenvalue weighted by Crippen LogP contribution is 2.10. The zero-order valence-electron chi connectivity index (χ0n) is 13.4. The predicted octanol–water partition coefficient (Wildman–Crippen LogP) is 2.69. The third-order valence-corrected chi connectivity index (χ3v) is 4.79. The minimum Gasteiger partial charge on any atom is -0.352 e. The van der Waals surface area contributed by atoms with Crippen LogP contribution in [0.15, 0.2) is 29.2 Å². The van der Waals surface area contributed by atoms with Crippen molar-refractivity contribution in [1.82, 2.24) is 10.0 Å². The number of amides is 1. The van der Waals surface area contributed by atoms with E-state index < -0.39 is 10.0 Å². The molecule has 6 heteroatoms. The van der Waals surface area contributed by atoms with E-state index in [0.717, 1.165) is 32.1 Å². The molecule has 0 unspecified atom stereocenters. The molecule has 0 fully saturated rings. The van der Waals surface area contributed by atoms with E-state index in [4.69, 9.17) is 0 Å². The Morgan fingerprint density at radius 2 is 1.59 bits per heavy atom. The molecule has 0 aliphatic heterocycles. The Bertz CT molecular complexity index is 553. The molecule has 22 heavy (non-hydrogen) atoms. The van der Waals surface area contributed by atoms with Gasteiger partial charge in [-0.15, -0.1) is 0 Å². The van der Waals surface area contributed by atoms with E-state index >= 15 is 0 Å². The van der Waals surface area contributed by atoms with Crippen molar-refractivity contribution in [3.8, 4) is 0 Å². The van der Waals surface area contributed by atoms with Gasteiger partial charge < -0.3 is 5.32 Å². The number of hydrogen-bond acceptors (Lipinski definition) is 3. The molecule has 0 bridgehead atoms. The van der Waals surface area contributed by atoms with Gasteiger partial charge in [-0.25, -0.2) is 13.1 Å². The minimum atomic E-state index is -3.48. The molecule has 0 aromatic heterocycles. The summed E-state index contributed by atoms with van der Waals surface area (Å²) >= 11 is 0. The normalized spacial score (nSPS) is 11.4. The Kier molecular flexibility index (Phi) is 8.12. The molecule has 124 valence electrons. The molecular formula is C16H26N2O3S. The van der Waals surface area contributed by atoms with Crippen molar-refractivity contribution in [3.05, 3.63) is 29.8 Å². The van der Waals surface area contributed by atoms with Gasteiger partial charge in [0.2, 0.25) is 10.0 Å². The summed E-state index contributed by atoms with van der Waals surface area (Å²) < 4.78 is 26.6. The van der Waals surface area contributed by atoms with E-state index in [9.17, 15) is 13.2 Å². The van der Waals surface area contributed by atoms with Crippen LogP contribution in [0.3, 0.4) is 0 Å². The number of rotatable bonds is 10. The largest absolute Gasteiger partial charge is 0.352 e. The van der Waals surface area contributed by atoms with Crippen molar-refractivity contribution in [2.45, 2.75) is 50.8 Å². The number of carbonyl (C=O) groups excluding carboxylic acids is 1. The number of unbranched alkanes of at least 4 members (excludes halogenated alkanes) is 3. The van der Waals surface area contributed by atoms with Crippen LogP contribution in [0.25, 0.3) is 0 Å². The zero-order chi connectivity index (χ0) is 16.4. The SMILES string of the molecule is CCCCCNC(=O)c1ccc(S(=O)(=O)NCCCC)cc1. The van der Waals surface area contributed by atoms with E-state index in [1.54, 1.807) is 12.1 Å². The minimum absolute atomic E-state index is 0.168. The van der Waals surface area contributed by atoms with Crippen molar-refractivity contribution in [2.75, 3.05) is 13.1 Å². The third kappa shape index (κ3) is 6.15. The molecule has 0 aliphatic carbocycles. The van der Waals surface area contributed by atoms with Crippen molar-refractivity contribution in [2.24, 2.45) is 0 Å². The Morgan fingerprint density at radius 1 is 0.955 bits per heavy atom. The molecule has 0 radical (unpaired) electrons. The molecule has 1 aromatic rings. The topological polar surface area (TPSA) is 75.3 Å². The fourth-order valence-corrected chi connectivity index (χ4v) is 3.01. The van der Waals surface area contributed by atoms with Crippen molar-refractivity contribution in [3.63, 3.8) is 0 Å². The molecule has 1 amide bonds. The summed E-state index contributed by atoms with van der Waals surface area (Å²) in [6, 6.07) is 6.03. The van der Waals surface area contributed by atoms with Crippen molar-refractivity contribution >= 4 is 15.9 Å². The van der Waals surface area contributed by atoms with Gasteiger partial charge in [0.1, 0.15) is 0 Å². The van der Waals surface area contributed by atoms with Crippen LogP contribution in [0.1, 0.15) is 56.3 Å². The smallest absolute Gasteiger partial charge is 0.251 e. The lowest BCUT2D eigenvalue weighted by molar-refractivity contribution is 0.0953. The van der Waals surface area contributed by atoms with Crippen LogP contribution < -0.4 is 10.0 Å². The number of benzene rings is 1. The monoisotopic (exact) mass is 326 g/mol. The fourth-order valence-electron chi connectivity index (χ4n) is 1.93. The molecule has 0 saturated carbocycles. The van der Waals surface area contributed by atoms with E-state index in [2.05, 4.69) is 17.0 Å². The quantitative estimate of drug-likeness (QED) is 0.649. The first-order valence-electron chi connectivity index (χ1n) is 7.89. The van der Waals surface area contributed by atoms with Gasteiger partial charge in [-0.05, 0) is 37.1 Å². The summed E-state index contributed by atoms with van der Waals surface area (Å²) in [5, 5.41) is 2.83. The second-order valence-electron chi connectivity index (χ2n) is 5.24. The van der Waals surface area contributed by atoms with Gasteiger partial charge >= 0.3 is 0 Å². The van der Waals surface area contributed by atoms with Crippen LogP contribution in [0.2, 0.25) is 0 Å². The maximum atomic E-state index is 12.0. The Balaban J connectivity index is 2.60. The Morgan fingerprint density at radius 3 is 2.18 bits per heavy atom. The van der Waals surface area contributed by atoms with Gasteiger partial charge in [0.15, 0.2) is 0 Å². The average molecular weight is 326 g/mol. The van der Waals surface area contributed by atoms with Crippen LogP contribution in [-0.4, -0.2) is 27.4 Å². The van der Waals surface area contributed by atoms with Crippen molar-refractivity contribution < 1.29 is 13.2 Å². The highest BCUT2D eigenvalue weighted by atomic mass is 32.2. The molecule has 1 aromatic carbocycles. The molecule has 0 atom stereocenters. The highest BCUT2D eigenvalue weighted by molar-refractivity contribution is 7.89. The lowest BCUT2D eigenvalue weighted by Crippen LogP contribution is -2.26. The molecule has 0 spiro atoms. The van der Waals surface area contributed by atoms with Crippen LogP contribution >= 0.6 is 0 Å². The standard InChI is InChI=1S/C16H26N2O3S/c1-3-5-7-12-17-16(19)14-8-10-15(11-9-14)22(20,21)18-13-6-4-2/h8-11,18H,3-7,12-13H2,1-2H3,(H,17,19). The maximum absolute atomic E-state index is 12.0. The summed E-state index contributed by atoms with van der Waals surface area (Å²) in [6.45, 7) is 5.18. The number of carbonyl (C=O) groups is 1. The summed E-state index contributed by atoms with van der Waals surface area (Å²) in [5.41, 5.74) is 0.476. The van der Waals surface area contributed by atoms with Crippen LogP contribution in [-0.2, 0) is 10.0 Å². The summed E-state index contributed by atoms with van der Waals surface area (Å²) in [4.78, 5) is 12.1. The third-order valence-electron chi connectivity index (χ3n) is 3.32. The lowest BCUT2D eigenvalue weighted by atomic mass is 10.2. The fraction of sp³-hybridized carbons (Fsp3) is 0.562. The van der Waals surface area contributed by atoms with Gasteiger partial charge in [-0.2, -0.15) is 0 Å². The Hall–Kier alpha value is -1.40. The van der Waals surface area contributed by atoms with Crippen LogP contribution in [0.4, 0.5) is 0 Å². The zero-order valence-corrected chi connectivity index (χ0v) is 14.2. The highest BCUT2D eigenvalue weighted by Gasteiger charge is 2.14. The van der Waals surface area contributed by atoms with Gasteiger partial charge in [-0.3, -0.25) is 4.79 Å². The molecule has 0 aliphatic rings. The Labute approximate surface area is 133 Å². The summed E-state index contributed by atoms with van der Waals surface area (Å²) in [5.74, 6) is -0.168. The second-order valence-corrected chi connectivity index (χ2v) is 7.01. The molecular weight excluding hydrogens is 300 g/mol. The van der Waals surface area contributed by atoms with Gasteiger partial charge in [-0.1, -0.05) is 33.1 Å². The van der Waals surface area contributed by atoms with Gasteiger partial charge in [0.05, 0.1) is 4.90 Å². The van der Waals surface area contributed by atoms with E-state index in [1.807, 2.05) is 6.92 Å². The second kappa shape index (κ2) is 9.58. The van der Waals surface area contributed by atoms with E-state index in [0.29, 0.717) is 18.7 Å². The molecule has 0 heterocycles. The van der Waals surface area contributed by atoms with Crippen LogP contribution in [0, 0.1) is 0 Å². The van der Waals surface area contributed by atoms with Gasteiger partial charge in [0, 0.05) is 18.7 Å². The van der Waals surface area contributed by atoms with Gasteiger partial charge in [0.25, 0.3) is 5.91 Å². The number of sulfonamides is 1. The maximum Gasteiger partial charge on any atom is 0.251 e. The lowest BCUT2D eigenvalue weighted by Gasteiger charge is -2.08. The molecule has 2 N–H and O–H groups in total.